The summed E-state index contributed by atoms with van der Waals surface area (Å²) in [4.78, 5) is 4.31. The number of halogens is 1. The zero-order chi connectivity index (χ0) is 12.5. The Bertz CT molecular complexity index is 560. The van der Waals surface area contributed by atoms with Crippen LogP contribution in [0.5, 0.6) is 0 Å². The van der Waals surface area contributed by atoms with Crippen molar-refractivity contribution < 1.29 is 0 Å². The lowest BCUT2D eigenvalue weighted by Crippen LogP contribution is -2.16. The summed E-state index contributed by atoms with van der Waals surface area (Å²) in [5, 5.41) is 8.42. The van der Waals surface area contributed by atoms with Crippen LogP contribution in [-0.2, 0) is 6.54 Å². The van der Waals surface area contributed by atoms with E-state index in [0.29, 0.717) is 11.1 Å². The standard InChI is InChI=1S/C13H15ClN4/c1-9-5-17-18(8-9)13-4-10(12(14)7-16-13)6-15-11-2-3-11/h4-5,7-8,11,15H,2-3,6H2,1H3. The maximum atomic E-state index is 6.16. The van der Waals surface area contributed by atoms with E-state index < -0.39 is 0 Å². The van der Waals surface area contributed by atoms with E-state index in [9.17, 15) is 0 Å². The van der Waals surface area contributed by atoms with Gasteiger partial charge < -0.3 is 5.32 Å². The van der Waals surface area contributed by atoms with Gasteiger partial charge in [0.2, 0.25) is 0 Å². The smallest absolute Gasteiger partial charge is 0.153 e. The van der Waals surface area contributed by atoms with Crippen LogP contribution in [0, 0.1) is 6.92 Å². The minimum absolute atomic E-state index is 0.671. The number of nitrogens with one attached hydrogen (secondary N) is 1. The number of pyridine rings is 1. The molecule has 0 aromatic carbocycles. The van der Waals surface area contributed by atoms with E-state index in [2.05, 4.69) is 15.4 Å². The van der Waals surface area contributed by atoms with Crippen LogP contribution < -0.4 is 5.32 Å². The molecule has 0 atom stereocenters. The first-order valence-electron chi connectivity index (χ1n) is 6.12. The summed E-state index contributed by atoms with van der Waals surface area (Å²) in [7, 11) is 0. The van der Waals surface area contributed by atoms with Gasteiger partial charge in [-0.3, -0.25) is 0 Å². The Hall–Kier alpha value is -1.39. The number of hydrogen-bond donors (Lipinski definition) is 1. The quantitative estimate of drug-likeness (QED) is 0.921. The van der Waals surface area contributed by atoms with Crippen LogP contribution in [0.2, 0.25) is 5.02 Å². The van der Waals surface area contributed by atoms with Crippen LogP contribution in [0.4, 0.5) is 0 Å². The number of aromatic nitrogens is 3. The summed E-state index contributed by atoms with van der Waals surface area (Å²) in [6.45, 7) is 2.80. The molecule has 2 aromatic heterocycles. The van der Waals surface area contributed by atoms with Gasteiger partial charge in [0, 0.05) is 25.0 Å². The predicted octanol–water partition coefficient (Wildman–Crippen LogP) is 2.48. The van der Waals surface area contributed by atoms with E-state index in [1.54, 1.807) is 10.9 Å². The molecule has 1 fully saturated rings. The molecule has 0 unspecified atom stereocenters. The normalized spacial score (nSPS) is 15.0. The fourth-order valence-electron chi connectivity index (χ4n) is 1.81. The molecule has 94 valence electrons. The molecule has 4 nitrogen and oxygen atoms in total. The van der Waals surface area contributed by atoms with Crippen molar-refractivity contribution in [2.75, 3.05) is 0 Å². The highest BCUT2D eigenvalue weighted by atomic mass is 35.5. The van der Waals surface area contributed by atoms with Gasteiger partial charge in [-0.2, -0.15) is 5.10 Å². The molecule has 2 aromatic rings. The minimum atomic E-state index is 0.671. The molecule has 0 spiro atoms. The topological polar surface area (TPSA) is 42.7 Å². The van der Waals surface area contributed by atoms with Gasteiger partial charge >= 0.3 is 0 Å². The predicted molar refractivity (Wildman–Crippen MR) is 71.0 cm³/mol. The van der Waals surface area contributed by atoms with Crippen LogP contribution >= 0.6 is 11.6 Å². The highest BCUT2D eigenvalue weighted by Gasteiger charge is 2.20. The Morgan fingerprint density at radius 3 is 2.94 bits per heavy atom. The van der Waals surface area contributed by atoms with Gasteiger partial charge in [0.05, 0.1) is 11.2 Å². The summed E-state index contributed by atoms with van der Waals surface area (Å²) in [5.41, 5.74) is 2.19. The van der Waals surface area contributed by atoms with Crippen molar-refractivity contribution in [1.29, 1.82) is 0 Å². The molecule has 18 heavy (non-hydrogen) atoms. The average molecular weight is 263 g/mol. The van der Waals surface area contributed by atoms with Crippen LogP contribution in [0.15, 0.2) is 24.7 Å². The van der Waals surface area contributed by atoms with Gasteiger partial charge in [-0.15, -0.1) is 0 Å². The summed E-state index contributed by atoms with van der Waals surface area (Å²) in [5.74, 6) is 0.806. The van der Waals surface area contributed by atoms with E-state index in [1.807, 2.05) is 25.4 Å². The third-order valence-electron chi connectivity index (χ3n) is 3.03. The molecule has 0 bridgehead atoms. The van der Waals surface area contributed by atoms with Crippen LogP contribution in [0.25, 0.3) is 5.82 Å². The second kappa shape index (κ2) is 4.71. The monoisotopic (exact) mass is 262 g/mol. The largest absolute Gasteiger partial charge is 0.310 e. The molecule has 0 saturated heterocycles. The van der Waals surface area contributed by atoms with Gasteiger partial charge in [0.25, 0.3) is 0 Å². The fraction of sp³-hybridized carbons (Fsp3) is 0.385. The van der Waals surface area contributed by atoms with Crippen LogP contribution in [0.1, 0.15) is 24.0 Å². The molecule has 1 aliphatic rings. The molecule has 1 aliphatic carbocycles. The molecule has 1 saturated carbocycles. The second-order valence-corrected chi connectivity index (χ2v) is 5.16. The summed E-state index contributed by atoms with van der Waals surface area (Å²) < 4.78 is 1.77. The lowest BCUT2D eigenvalue weighted by molar-refractivity contribution is 0.685. The van der Waals surface area contributed by atoms with Crippen LogP contribution in [-0.4, -0.2) is 20.8 Å². The first kappa shape index (κ1) is 11.7. The molecule has 3 rings (SSSR count). The third kappa shape index (κ3) is 2.54. The maximum absolute atomic E-state index is 6.16. The Labute approximate surface area is 111 Å². The number of hydrogen-bond acceptors (Lipinski definition) is 3. The summed E-state index contributed by atoms with van der Waals surface area (Å²) in [6, 6.07) is 2.66. The Balaban J connectivity index is 1.84. The highest BCUT2D eigenvalue weighted by molar-refractivity contribution is 6.31. The first-order chi connectivity index (χ1) is 8.72. The molecule has 0 radical (unpaired) electrons. The van der Waals surface area contributed by atoms with E-state index >= 15 is 0 Å². The Morgan fingerprint density at radius 1 is 1.44 bits per heavy atom. The van der Waals surface area contributed by atoms with Gasteiger partial charge in [0.1, 0.15) is 0 Å². The SMILES string of the molecule is Cc1cnn(-c2cc(CNC3CC3)c(Cl)cn2)c1. The summed E-state index contributed by atoms with van der Waals surface area (Å²) in [6.07, 6.45) is 8.01. The Morgan fingerprint density at radius 2 is 2.28 bits per heavy atom. The van der Waals surface area contributed by atoms with Gasteiger partial charge in [0.15, 0.2) is 5.82 Å². The van der Waals surface area contributed by atoms with Gasteiger partial charge in [-0.05, 0) is 37.0 Å². The highest BCUT2D eigenvalue weighted by Crippen LogP contribution is 2.22. The number of rotatable bonds is 4. The molecule has 5 heteroatoms. The second-order valence-electron chi connectivity index (χ2n) is 4.75. The van der Waals surface area contributed by atoms with Crippen molar-refractivity contribution in [2.45, 2.75) is 32.4 Å². The van der Waals surface area contributed by atoms with Crippen LogP contribution in [0.3, 0.4) is 0 Å². The molecular formula is C13H15ClN4. The molecule has 1 N–H and O–H groups in total. The van der Waals surface area contributed by atoms with Crippen molar-refractivity contribution in [2.24, 2.45) is 0 Å². The summed E-state index contributed by atoms with van der Waals surface area (Å²) >= 11 is 6.16. The van der Waals surface area contributed by atoms with Crippen molar-refractivity contribution in [3.05, 3.63) is 40.8 Å². The van der Waals surface area contributed by atoms with Gasteiger partial charge in [-0.25, -0.2) is 9.67 Å². The van der Waals surface area contributed by atoms with Crippen molar-refractivity contribution >= 4 is 11.6 Å². The minimum Gasteiger partial charge on any atom is -0.310 e. The van der Waals surface area contributed by atoms with Crippen molar-refractivity contribution in [1.82, 2.24) is 20.1 Å². The van der Waals surface area contributed by atoms with E-state index in [4.69, 9.17) is 11.6 Å². The fourth-order valence-corrected chi connectivity index (χ4v) is 1.98. The van der Waals surface area contributed by atoms with E-state index in [-0.39, 0.29) is 0 Å². The Kier molecular flexibility index (Phi) is 3.06. The van der Waals surface area contributed by atoms with E-state index in [1.165, 1.54) is 12.8 Å². The maximum Gasteiger partial charge on any atom is 0.153 e. The van der Waals surface area contributed by atoms with Gasteiger partial charge in [-0.1, -0.05) is 11.6 Å². The molecule has 2 heterocycles. The average Bonchev–Trinajstić information content (AvgIpc) is 3.09. The zero-order valence-electron chi connectivity index (χ0n) is 10.2. The van der Waals surface area contributed by atoms with E-state index in [0.717, 1.165) is 23.5 Å². The molecule has 0 amide bonds. The zero-order valence-corrected chi connectivity index (χ0v) is 11.0. The molecular weight excluding hydrogens is 248 g/mol. The van der Waals surface area contributed by atoms with Crippen molar-refractivity contribution in [3.8, 4) is 5.82 Å². The third-order valence-corrected chi connectivity index (χ3v) is 3.37. The van der Waals surface area contributed by atoms with Crippen molar-refractivity contribution in [3.63, 3.8) is 0 Å². The number of nitrogens with zero attached hydrogens (tertiary/aromatic N) is 3. The first-order valence-corrected chi connectivity index (χ1v) is 6.49. The number of aryl methyl sites for hydroxylation is 1. The lowest BCUT2D eigenvalue weighted by Gasteiger charge is -2.07. The lowest BCUT2D eigenvalue weighted by atomic mass is 10.2. The molecule has 0 aliphatic heterocycles.